The largest absolute Gasteiger partial charge is 0.445 e. The van der Waals surface area contributed by atoms with Gasteiger partial charge in [-0.05, 0) is 69.5 Å². The van der Waals surface area contributed by atoms with Crippen molar-refractivity contribution < 1.29 is 27.5 Å². The second kappa shape index (κ2) is 12.6. The van der Waals surface area contributed by atoms with Gasteiger partial charge in [0.1, 0.15) is 6.61 Å². The van der Waals surface area contributed by atoms with E-state index in [4.69, 9.17) is 16.3 Å². The average molecular weight is 577 g/mol. The summed E-state index contributed by atoms with van der Waals surface area (Å²) in [5.74, 6) is -1.00. The maximum atomic E-state index is 13.1. The predicted molar refractivity (Wildman–Crippen MR) is 147 cm³/mol. The minimum atomic E-state index is -3.96. The standard InChI is InChI=1S/C27H33ClN4O6S/c1-18-12-13-32(31-39(36,37)22-8-6-5-7-9-22)25(34)23(18)15-24(33)29-16-20-14-21(28)11-10-19(20)17-38-26(35)30-27(2,3)4/h5-11,14,31H,12-13,15-17H2,1-4H3,(H,29,33)(H,30,35). The lowest BCUT2D eigenvalue weighted by atomic mass is 9.98. The number of ether oxygens (including phenoxy) is 1. The molecule has 2 aromatic carbocycles. The predicted octanol–water partition coefficient (Wildman–Crippen LogP) is 3.81. The minimum Gasteiger partial charge on any atom is -0.445 e. The summed E-state index contributed by atoms with van der Waals surface area (Å²) in [5.41, 5.74) is 1.80. The number of hydrogen-bond donors (Lipinski definition) is 3. The molecule has 0 spiro atoms. The van der Waals surface area contributed by atoms with E-state index in [1.807, 2.05) is 20.8 Å². The van der Waals surface area contributed by atoms with Crippen molar-refractivity contribution in [1.82, 2.24) is 20.5 Å². The number of rotatable bonds is 9. The number of carbonyl (C=O) groups is 3. The van der Waals surface area contributed by atoms with Crippen molar-refractivity contribution in [3.05, 3.63) is 75.8 Å². The highest BCUT2D eigenvalue weighted by Gasteiger charge is 2.30. The number of nitrogens with one attached hydrogen (secondary N) is 3. The van der Waals surface area contributed by atoms with Crippen molar-refractivity contribution in [1.29, 1.82) is 0 Å². The van der Waals surface area contributed by atoms with E-state index in [-0.39, 0.29) is 36.6 Å². The fraction of sp³-hybridized carbons (Fsp3) is 0.370. The Morgan fingerprint density at radius 3 is 2.44 bits per heavy atom. The van der Waals surface area contributed by atoms with Crippen LogP contribution in [-0.2, 0) is 37.5 Å². The van der Waals surface area contributed by atoms with Crippen LogP contribution in [0.15, 0.2) is 64.6 Å². The monoisotopic (exact) mass is 576 g/mol. The second-order valence-corrected chi connectivity index (χ2v) is 12.3. The molecular formula is C27H33ClN4O6S. The van der Waals surface area contributed by atoms with Gasteiger partial charge in [-0.3, -0.25) is 14.6 Å². The van der Waals surface area contributed by atoms with Crippen LogP contribution in [0, 0.1) is 0 Å². The van der Waals surface area contributed by atoms with Crippen molar-refractivity contribution in [3.63, 3.8) is 0 Å². The fourth-order valence-electron chi connectivity index (χ4n) is 3.79. The quantitative estimate of drug-likeness (QED) is 0.415. The molecule has 0 atom stereocenters. The summed E-state index contributed by atoms with van der Waals surface area (Å²) in [7, 11) is -3.96. The van der Waals surface area contributed by atoms with Gasteiger partial charge in [-0.1, -0.05) is 41.4 Å². The van der Waals surface area contributed by atoms with Crippen molar-refractivity contribution in [2.24, 2.45) is 0 Å². The van der Waals surface area contributed by atoms with Crippen LogP contribution in [0.25, 0.3) is 0 Å². The van der Waals surface area contributed by atoms with Gasteiger partial charge in [0.25, 0.3) is 15.9 Å². The molecule has 0 aromatic heterocycles. The molecule has 10 nitrogen and oxygen atoms in total. The van der Waals surface area contributed by atoms with Crippen LogP contribution in [0.2, 0.25) is 5.02 Å². The molecule has 210 valence electrons. The Morgan fingerprint density at radius 1 is 1.08 bits per heavy atom. The molecule has 0 fully saturated rings. The van der Waals surface area contributed by atoms with E-state index in [0.29, 0.717) is 28.1 Å². The molecule has 0 bridgehead atoms. The van der Waals surface area contributed by atoms with Crippen LogP contribution < -0.4 is 15.5 Å². The molecule has 0 unspecified atom stereocenters. The first kappa shape index (κ1) is 30.1. The molecule has 3 N–H and O–H groups in total. The summed E-state index contributed by atoms with van der Waals surface area (Å²) in [4.78, 5) is 40.3. The van der Waals surface area contributed by atoms with Gasteiger partial charge in [0, 0.05) is 29.2 Å². The second-order valence-electron chi connectivity index (χ2n) is 10.2. The lowest BCUT2D eigenvalue weighted by molar-refractivity contribution is -0.131. The highest BCUT2D eigenvalue weighted by molar-refractivity contribution is 7.89. The van der Waals surface area contributed by atoms with E-state index >= 15 is 0 Å². The van der Waals surface area contributed by atoms with Crippen LogP contribution in [0.4, 0.5) is 4.79 Å². The Balaban J connectivity index is 1.62. The third-order valence-electron chi connectivity index (χ3n) is 5.83. The minimum absolute atomic E-state index is 0.0243. The van der Waals surface area contributed by atoms with E-state index in [0.717, 1.165) is 5.01 Å². The number of amides is 3. The summed E-state index contributed by atoms with van der Waals surface area (Å²) in [6.07, 6.45) is -0.384. The molecule has 2 aromatic rings. The van der Waals surface area contributed by atoms with Gasteiger partial charge >= 0.3 is 6.09 Å². The molecule has 0 saturated heterocycles. The lowest BCUT2D eigenvalue weighted by Crippen LogP contribution is -2.49. The van der Waals surface area contributed by atoms with E-state index in [9.17, 15) is 22.8 Å². The maximum absolute atomic E-state index is 13.1. The van der Waals surface area contributed by atoms with E-state index in [1.54, 1.807) is 43.3 Å². The van der Waals surface area contributed by atoms with Crippen LogP contribution in [0.3, 0.4) is 0 Å². The van der Waals surface area contributed by atoms with Crippen molar-refractivity contribution in [2.45, 2.75) is 64.1 Å². The smallest absolute Gasteiger partial charge is 0.407 e. The normalized spacial score (nSPS) is 14.3. The summed E-state index contributed by atoms with van der Waals surface area (Å²) in [6.45, 7) is 7.47. The van der Waals surface area contributed by atoms with Gasteiger partial charge in [-0.15, -0.1) is 4.83 Å². The van der Waals surface area contributed by atoms with Crippen LogP contribution in [-0.4, -0.2) is 43.4 Å². The molecule has 3 amide bonds. The van der Waals surface area contributed by atoms with Gasteiger partial charge in [-0.2, -0.15) is 0 Å². The topological polar surface area (TPSA) is 134 Å². The Hall–Kier alpha value is -3.41. The molecule has 0 radical (unpaired) electrons. The van der Waals surface area contributed by atoms with Crippen LogP contribution in [0.1, 0.15) is 51.7 Å². The first-order chi connectivity index (χ1) is 18.2. The Morgan fingerprint density at radius 2 is 1.77 bits per heavy atom. The average Bonchev–Trinajstić information content (AvgIpc) is 2.86. The summed E-state index contributed by atoms with van der Waals surface area (Å²) in [6, 6.07) is 12.8. The number of halogens is 1. The van der Waals surface area contributed by atoms with Gasteiger partial charge in [0.2, 0.25) is 5.91 Å². The fourth-order valence-corrected chi connectivity index (χ4v) is 5.07. The van der Waals surface area contributed by atoms with Crippen LogP contribution >= 0.6 is 11.6 Å². The summed E-state index contributed by atoms with van der Waals surface area (Å²) < 4.78 is 30.7. The first-order valence-electron chi connectivity index (χ1n) is 12.3. The molecule has 1 aliphatic rings. The van der Waals surface area contributed by atoms with Crippen LogP contribution in [0.5, 0.6) is 0 Å². The number of sulfonamides is 1. The molecule has 0 aliphatic carbocycles. The third kappa shape index (κ3) is 8.81. The Kier molecular flexibility index (Phi) is 9.76. The molecule has 1 heterocycles. The summed E-state index contributed by atoms with van der Waals surface area (Å²) >= 11 is 6.14. The SMILES string of the molecule is CC1=C(CC(=O)NCc2cc(Cl)ccc2COC(=O)NC(C)(C)C)C(=O)N(NS(=O)(=O)c2ccccc2)CC1. The van der Waals surface area contributed by atoms with Gasteiger partial charge < -0.3 is 15.4 Å². The number of nitrogens with zero attached hydrogens (tertiary/aromatic N) is 1. The Labute approximate surface area is 233 Å². The highest BCUT2D eigenvalue weighted by atomic mass is 35.5. The Bertz CT molecular complexity index is 1370. The molecule has 12 heteroatoms. The summed E-state index contributed by atoms with van der Waals surface area (Å²) in [5, 5.41) is 6.95. The zero-order valence-corrected chi connectivity index (χ0v) is 23.9. The molecular weight excluding hydrogens is 544 g/mol. The third-order valence-corrected chi connectivity index (χ3v) is 7.42. The van der Waals surface area contributed by atoms with Gasteiger partial charge in [0.05, 0.1) is 11.3 Å². The lowest BCUT2D eigenvalue weighted by Gasteiger charge is -2.29. The molecule has 0 saturated carbocycles. The maximum Gasteiger partial charge on any atom is 0.407 e. The van der Waals surface area contributed by atoms with E-state index in [2.05, 4.69) is 15.5 Å². The number of carbonyl (C=O) groups excluding carboxylic acids is 3. The van der Waals surface area contributed by atoms with Crippen molar-refractivity contribution in [3.8, 4) is 0 Å². The highest BCUT2D eigenvalue weighted by Crippen LogP contribution is 2.22. The molecule has 3 rings (SSSR count). The van der Waals surface area contributed by atoms with Gasteiger partial charge in [-0.25, -0.2) is 13.2 Å². The van der Waals surface area contributed by atoms with Crippen molar-refractivity contribution >= 4 is 39.5 Å². The number of hydrogen-bond acceptors (Lipinski definition) is 6. The van der Waals surface area contributed by atoms with E-state index in [1.165, 1.54) is 12.1 Å². The number of benzene rings is 2. The zero-order valence-electron chi connectivity index (χ0n) is 22.3. The first-order valence-corrected chi connectivity index (χ1v) is 14.2. The number of hydrazine groups is 1. The van der Waals surface area contributed by atoms with E-state index < -0.39 is 33.5 Å². The number of alkyl carbamates (subject to hydrolysis) is 1. The van der Waals surface area contributed by atoms with Crippen molar-refractivity contribution in [2.75, 3.05) is 6.54 Å². The zero-order chi connectivity index (χ0) is 28.8. The molecule has 39 heavy (non-hydrogen) atoms. The molecule has 1 aliphatic heterocycles. The van der Waals surface area contributed by atoms with Gasteiger partial charge in [0.15, 0.2) is 0 Å².